The van der Waals surface area contributed by atoms with E-state index < -0.39 is 0 Å². The molecule has 1 aromatic heterocycles. The van der Waals surface area contributed by atoms with Crippen LogP contribution in [0.2, 0.25) is 0 Å². The standard InChI is InChI=1S/C32H31N3O4S/c1-20-11-12-21(2)26(15-20)34-30(36)13-14-40-32-25(19-33)24(18-27(35-32)22-9-7-6-8-10-22)23-16-28(37-3)31(39-5)29(17-23)38-4/h6-12,15-18H,13-14H2,1-5H3,(H,34,36). The molecule has 0 unspecified atom stereocenters. The summed E-state index contributed by atoms with van der Waals surface area (Å²) in [5.41, 5.74) is 6.33. The largest absolute Gasteiger partial charge is 0.493 e. The summed E-state index contributed by atoms with van der Waals surface area (Å²) >= 11 is 1.38. The van der Waals surface area contributed by atoms with E-state index in [0.29, 0.717) is 44.8 Å². The van der Waals surface area contributed by atoms with Gasteiger partial charge in [0.2, 0.25) is 11.7 Å². The van der Waals surface area contributed by atoms with E-state index in [-0.39, 0.29) is 12.3 Å². The number of methoxy groups -OCH3 is 3. The first-order valence-electron chi connectivity index (χ1n) is 12.7. The van der Waals surface area contributed by atoms with E-state index in [2.05, 4.69) is 11.4 Å². The Morgan fingerprint density at radius 2 is 1.62 bits per heavy atom. The molecule has 1 N–H and O–H groups in total. The van der Waals surface area contributed by atoms with Gasteiger partial charge in [-0.25, -0.2) is 4.98 Å². The summed E-state index contributed by atoms with van der Waals surface area (Å²) in [6.45, 7) is 3.96. The van der Waals surface area contributed by atoms with Gasteiger partial charge in [0.15, 0.2) is 11.5 Å². The van der Waals surface area contributed by atoms with E-state index in [1.165, 1.54) is 11.8 Å². The molecule has 0 atom stereocenters. The van der Waals surface area contributed by atoms with Crippen molar-refractivity contribution in [2.75, 3.05) is 32.4 Å². The molecule has 0 saturated heterocycles. The van der Waals surface area contributed by atoms with Crippen LogP contribution in [-0.2, 0) is 4.79 Å². The van der Waals surface area contributed by atoms with E-state index in [4.69, 9.17) is 19.2 Å². The van der Waals surface area contributed by atoms with Gasteiger partial charge in [0.1, 0.15) is 11.1 Å². The number of aromatic nitrogens is 1. The third kappa shape index (κ3) is 6.38. The number of carbonyl (C=O) groups is 1. The second-order valence-electron chi connectivity index (χ2n) is 9.09. The fraction of sp³-hybridized carbons (Fsp3) is 0.219. The number of pyridine rings is 1. The minimum atomic E-state index is -0.0937. The number of anilines is 1. The quantitative estimate of drug-likeness (QED) is 0.210. The van der Waals surface area contributed by atoms with E-state index >= 15 is 0 Å². The third-order valence-corrected chi connectivity index (χ3v) is 7.36. The molecule has 1 amide bonds. The highest BCUT2D eigenvalue weighted by Crippen LogP contribution is 2.43. The van der Waals surface area contributed by atoms with E-state index in [0.717, 1.165) is 27.9 Å². The van der Waals surface area contributed by atoms with Crippen LogP contribution >= 0.6 is 11.8 Å². The first-order chi connectivity index (χ1) is 19.4. The Balaban J connectivity index is 1.70. The second kappa shape index (κ2) is 13.0. The fourth-order valence-corrected chi connectivity index (χ4v) is 5.22. The molecule has 0 fully saturated rings. The Kier molecular flexibility index (Phi) is 9.31. The zero-order valence-corrected chi connectivity index (χ0v) is 24.0. The maximum Gasteiger partial charge on any atom is 0.225 e. The highest BCUT2D eigenvalue weighted by atomic mass is 32.2. The van der Waals surface area contributed by atoms with Gasteiger partial charge in [0, 0.05) is 29.0 Å². The van der Waals surface area contributed by atoms with Gasteiger partial charge in [-0.1, -0.05) is 42.5 Å². The number of thioether (sulfide) groups is 1. The Labute approximate surface area is 239 Å². The van der Waals surface area contributed by atoms with Crippen LogP contribution in [0.4, 0.5) is 5.69 Å². The van der Waals surface area contributed by atoms with Crippen LogP contribution in [0, 0.1) is 25.2 Å². The van der Waals surface area contributed by atoms with Gasteiger partial charge in [0.25, 0.3) is 0 Å². The number of rotatable bonds is 10. The number of carbonyl (C=O) groups excluding carboxylic acids is 1. The molecule has 8 heteroatoms. The fourth-order valence-electron chi connectivity index (χ4n) is 4.28. The van der Waals surface area contributed by atoms with Crippen molar-refractivity contribution in [1.29, 1.82) is 5.26 Å². The Morgan fingerprint density at radius 3 is 2.25 bits per heavy atom. The van der Waals surface area contributed by atoms with Crippen molar-refractivity contribution >= 4 is 23.4 Å². The van der Waals surface area contributed by atoms with Crippen LogP contribution < -0.4 is 19.5 Å². The smallest absolute Gasteiger partial charge is 0.225 e. The minimum Gasteiger partial charge on any atom is -0.493 e. The maximum atomic E-state index is 12.7. The summed E-state index contributed by atoms with van der Waals surface area (Å²) in [6.07, 6.45) is 0.264. The molecule has 0 aliphatic rings. The molecule has 204 valence electrons. The van der Waals surface area contributed by atoms with Gasteiger partial charge in [0.05, 0.1) is 32.6 Å². The van der Waals surface area contributed by atoms with Crippen LogP contribution in [0.1, 0.15) is 23.1 Å². The molecule has 40 heavy (non-hydrogen) atoms. The number of ether oxygens (including phenoxy) is 3. The number of nitrogens with zero attached hydrogens (tertiary/aromatic N) is 2. The summed E-state index contributed by atoms with van der Waals surface area (Å²) in [6, 6.07) is 23.6. The van der Waals surface area contributed by atoms with E-state index in [1.807, 2.05) is 80.6 Å². The van der Waals surface area contributed by atoms with Crippen molar-refractivity contribution in [2.24, 2.45) is 0 Å². The van der Waals surface area contributed by atoms with Crippen LogP contribution in [0.5, 0.6) is 17.2 Å². The Bertz CT molecular complexity index is 1540. The number of nitriles is 1. The third-order valence-electron chi connectivity index (χ3n) is 6.38. The number of benzene rings is 3. The molecule has 0 aliphatic heterocycles. The zero-order valence-electron chi connectivity index (χ0n) is 23.2. The summed E-state index contributed by atoms with van der Waals surface area (Å²) < 4.78 is 16.6. The number of amides is 1. The lowest BCUT2D eigenvalue weighted by atomic mass is 9.98. The number of nitrogens with one attached hydrogen (secondary N) is 1. The van der Waals surface area contributed by atoms with Crippen LogP contribution in [0.3, 0.4) is 0 Å². The molecular weight excluding hydrogens is 522 g/mol. The summed E-state index contributed by atoms with van der Waals surface area (Å²) in [5.74, 6) is 1.79. The molecule has 4 rings (SSSR count). The lowest BCUT2D eigenvalue weighted by Crippen LogP contribution is -2.13. The van der Waals surface area contributed by atoms with Crippen molar-refractivity contribution < 1.29 is 19.0 Å². The minimum absolute atomic E-state index is 0.0937. The van der Waals surface area contributed by atoms with Crippen molar-refractivity contribution in [3.05, 3.63) is 83.4 Å². The van der Waals surface area contributed by atoms with Gasteiger partial charge in [-0.05, 0) is 54.8 Å². The average molecular weight is 554 g/mol. The van der Waals surface area contributed by atoms with E-state index in [9.17, 15) is 10.1 Å². The van der Waals surface area contributed by atoms with Gasteiger partial charge in [-0.3, -0.25) is 4.79 Å². The van der Waals surface area contributed by atoms with Gasteiger partial charge in [-0.2, -0.15) is 5.26 Å². The maximum absolute atomic E-state index is 12.7. The molecule has 0 radical (unpaired) electrons. The lowest BCUT2D eigenvalue weighted by molar-refractivity contribution is -0.115. The SMILES string of the molecule is COc1cc(-c2cc(-c3ccccc3)nc(SCCC(=O)Nc3cc(C)ccc3C)c2C#N)cc(OC)c1OC. The van der Waals surface area contributed by atoms with E-state index in [1.54, 1.807) is 21.3 Å². The normalized spacial score (nSPS) is 10.5. The van der Waals surface area contributed by atoms with Crippen molar-refractivity contribution in [1.82, 2.24) is 4.98 Å². The van der Waals surface area contributed by atoms with Crippen LogP contribution in [0.15, 0.2) is 71.8 Å². The monoisotopic (exact) mass is 553 g/mol. The van der Waals surface area contributed by atoms with Crippen LogP contribution in [-0.4, -0.2) is 38.0 Å². The first-order valence-corrected chi connectivity index (χ1v) is 13.7. The van der Waals surface area contributed by atoms with Crippen molar-refractivity contribution in [3.8, 4) is 45.7 Å². The highest BCUT2D eigenvalue weighted by molar-refractivity contribution is 7.99. The molecule has 0 spiro atoms. The Hall–Kier alpha value is -4.48. The molecule has 4 aromatic rings. The average Bonchev–Trinajstić information content (AvgIpc) is 2.98. The van der Waals surface area contributed by atoms with Crippen LogP contribution in [0.25, 0.3) is 22.4 Å². The molecular formula is C32H31N3O4S. The number of hydrogen-bond acceptors (Lipinski definition) is 7. The first kappa shape index (κ1) is 28.5. The van der Waals surface area contributed by atoms with Gasteiger partial charge < -0.3 is 19.5 Å². The predicted octanol–water partition coefficient (Wildman–Crippen LogP) is 7.05. The lowest BCUT2D eigenvalue weighted by Gasteiger charge is -2.16. The Morgan fingerprint density at radius 1 is 0.925 bits per heavy atom. The number of hydrogen-bond donors (Lipinski definition) is 1. The number of aryl methyl sites for hydroxylation is 2. The highest BCUT2D eigenvalue weighted by Gasteiger charge is 2.20. The van der Waals surface area contributed by atoms with Crippen molar-refractivity contribution in [3.63, 3.8) is 0 Å². The second-order valence-corrected chi connectivity index (χ2v) is 10.2. The van der Waals surface area contributed by atoms with Gasteiger partial charge >= 0.3 is 0 Å². The molecule has 0 saturated carbocycles. The van der Waals surface area contributed by atoms with Crippen molar-refractivity contribution in [2.45, 2.75) is 25.3 Å². The molecule has 3 aromatic carbocycles. The predicted molar refractivity (Wildman–Crippen MR) is 159 cm³/mol. The van der Waals surface area contributed by atoms with Gasteiger partial charge in [-0.15, -0.1) is 11.8 Å². The molecule has 7 nitrogen and oxygen atoms in total. The summed E-state index contributed by atoms with van der Waals surface area (Å²) in [4.78, 5) is 17.6. The molecule has 0 aliphatic carbocycles. The molecule has 0 bridgehead atoms. The summed E-state index contributed by atoms with van der Waals surface area (Å²) in [5, 5.41) is 13.8. The topological polar surface area (TPSA) is 93.5 Å². The molecule has 1 heterocycles. The summed E-state index contributed by atoms with van der Waals surface area (Å²) in [7, 11) is 4.66. The zero-order chi connectivity index (χ0) is 28.6.